The first kappa shape index (κ1) is 16.8. The van der Waals surface area contributed by atoms with Crippen LogP contribution >= 0.6 is 0 Å². The highest BCUT2D eigenvalue weighted by Crippen LogP contribution is 2.27. The number of hydrogen-bond acceptors (Lipinski definition) is 8. The van der Waals surface area contributed by atoms with Crippen LogP contribution in [0.15, 0.2) is 0 Å². The first-order valence-corrected chi connectivity index (χ1v) is 5.72. The minimum Gasteiger partial charge on any atom is -0.477 e. The molecule has 0 aromatic heterocycles. The van der Waals surface area contributed by atoms with E-state index in [0.29, 0.717) is 0 Å². The molecule has 116 valence electrons. The molecule has 2 fully saturated rings. The molecular weight excluding hydrogens is 280 g/mol. The molecule has 2 heterocycles. The van der Waals surface area contributed by atoms with E-state index >= 15 is 0 Å². The number of aliphatic carboxylic acids is 2. The van der Waals surface area contributed by atoms with Gasteiger partial charge in [0.25, 0.3) is 11.6 Å². The summed E-state index contributed by atoms with van der Waals surface area (Å²) in [6.07, 6.45) is -2.12. The smallest absolute Gasteiger partial charge is 0.364 e. The fraction of sp³-hybridized carbons (Fsp3) is 0.800. The lowest BCUT2D eigenvalue weighted by atomic mass is 10.2. The van der Waals surface area contributed by atoms with Crippen molar-refractivity contribution in [1.82, 2.24) is 0 Å². The van der Waals surface area contributed by atoms with Crippen LogP contribution < -0.4 is 0 Å². The zero-order chi connectivity index (χ0) is 15.6. The predicted octanol–water partition coefficient (Wildman–Crippen LogP) is -2.22. The molecule has 2 aliphatic heterocycles. The van der Waals surface area contributed by atoms with Crippen LogP contribution in [0.3, 0.4) is 0 Å². The van der Waals surface area contributed by atoms with Crippen molar-refractivity contribution in [3.63, 3.8) is 0 Å². The second-order valence-electron chi connectivity index (χ2n) is 4.40. The summed E-state index contributed by atoms with van der Waals surface area (Å²) in [4.78, 5) is 20.4. The van der Waals surface area contributed by atoms with Gasteiger partial charge < -0.3 is 40.1 Å². The zero-order valence-corrected chi connectivity index (χ0v) is 10.3. The van der Waals surface area contributed by atoms with Crippen molar-refractivity contribution in [2.24, 2.45) is 0 Å². The summed E-state index contributed by atoms with van der Waals surface area (Å²) in [5.74, 6) is -7.24. The Morgan fingerprint density at radius 2 is 1.15 bits per heavy atom. The van der Waals surface area contributed by atoms with Crippen molar-refractivity contribution in [2.45, 2.75) is 49.8 Å². The van der Waals surface area contributed by atoms with Crippen molar-refractivity contribution < 1.29 is 49.7 Å². The number of hydrogen-bond donors (Lipinski definition) is 6. The lowest BCUT2D eigenvalue weighted by Gasteiger charge is -2.15. The van der Waals surface area contributed by atoms with Crippen molar-refractivity contribution in [3.8, 4) is 0 Å². The molecule has 20 heavy (non-hydrogen) atoms. The van der Waals surface area contributed by atoms with Crippen molar-refractivity contribution >= 4 is 11.9 Å². The Hall–Kier alpha value is -1.30. The van der Waals surface area contributed by atoms with Crippen LogP contribution in [0.5, 0.6) is 0 Å². The Morgan fingerprint density at radius 1 is 0.850 bits per heavy atom. The average molecular weight is 296 g/mol. The molecule has 0 aliphatic carbocycles. The normalized spacial score (nSPS) is 40.0. The first-order valence-electron chi connectivity index (χ1n) is 5.72. The molecule has 0 aromatic carbocycles. The molecule has 0 amide bonds. The maximum absolute atomic E-state index is 10.2. The van der Waals surface area contributed by atoms with Gasteiger partial charge in [0, 0.05) is 25.7 Å². The highest BCUT2D eigenvalue weighted by Gasteiger charge is 2.45. The molecule has 0 spiro atoms. The Kier molecular flexibility index (Phi) is 5.02. The van der Waals surface area contributed by atoms with Crippen LogP contribution in [-0.4, -0.2) is 66.7 Å². The summed E-state index contributed by atoms with van der Waals surface area (Å²) in [6, 6.07) is 0. The minimum absolute atomic E-state index is 0.0660. The van der Waals surface area contributed by atoms with E-state index in [1.807, 2.05) is 0 Å². The maximum Gasteiger partial charge on any atom is 0.364 e. The van der Waals surface area contributed by atoms with Crippen LogP contribution in [0.1, 0.15) is 25.7 Å². The summed E-state index contributed by atoms with van der Waals surface area (Å²) in [5.41, 5.74) is 0. The first-order chi connectivity index (χ1) is 9.09. The van der Waals surface area contributed by atoms with Gasteiger partial charge in [-0.2, -0.15) is 0 Å². The molecule has 0 radical (unpaired) electrons. The Morgan fingerprint density at radius 3 is 1.25 bits per heavy atom. The Labute approximate surface area is 112 Å². The van der Waals surface area contributed by atoms with E-state index in [9.17, 15) is 9.59 Å². The van der Waals surface area contributed by atoms with Crippen LogP contribution in [0.2, 0.25) is 0 Å². The quantitative estimate of drug-likeness (QED) is 0.327. The van der Waals surface area contributed by atoms with Crippen LogP contribution in [-0.2, 0) is 19.1 Å². The fourth-order valence-corrected chi connectivity index (χ4v) is 1.64. The molecule has 0 aromatic rings. The summed E-state index contributed by atoms with van der Waals surface area (Å²) in [6.45, 7) is 0. The fourth-order valence-electron chi connectivity index (χ4n) is 1.64. The number of aliphatic hydroxyl groups excluding tert-OH is 2. The molecule has 2 saturated heterocycles. The van der Waals surface area contributed by atoms with Crippen molar-refractivity contribution in [3.05, 3.63) is 0 Å². The van der Waals surface area contributed by atoms with E-state index in [4.69, 9.17) is 30.6 Å². The molecule has 0 saturated carbocycles. The molecule has 4 unspecified atom stereocenters. The third-order valence-corrected chi connectivity index (χ3v) is 2.79. The summed E-state index contributed by atoms with van der Waals surface area (Å²) < 4.78 is 8.64. The van der Waals surface area contributed by atoms with Gasteiger partial charge in [-0.05, 0) is 0 Å². The third kappa shape index (κ3) is 3.85. The van der Waals surface area contributed by atoms with E-state index in [1.165, 1.54) is 0 Å². The van der Waals surface area contributed by atoms with Crippen LogP contribution in [0.25, 0.3) is 0 Å². The van der Waals surface area contributed by atoms with Gasteiger partial charge in [-0.25, -0.2) is 9.59 Å². The SMILES string of the molecule is O=C(O)C1(O)CCC(O)O1.O=C(O)C1(O)CCC(O)O1. The number of ether oxygens (including phenoxy) is 2. The number of aliphatic hydroxyl groups is 4. The third-order valence-electron chi connectivity index (χ3n) is 2.79. The summed E-state index contributed by atoms with van der Waals surface area (Å²) >= 11 is 0. The van der Waals surface area contributed by atoms with Gasteiger partial charge in [0.15, 0.2) is 12.6 Å². The lowest BCUT2D eigenvalue weighted by Crippen LogP contribution is -2.38. The second-order valence-corrected chi connectivity index (χ2v) is 4.40. The van der Waals surface area contributed by atoms with Gasteiger partial charge in [0.1, 0.15) is 0 Å². The molecule has 0 bridgehead atoms. The molecule has 6 N–H and O–H groups in total. The van der Waals surface area contributed by atoms with Crippen molar-refractivity contribution in [1.29, 1.82) is 0 Å². The van der Waals surface area contributed by atoms with Gasteiger partial charge in [-0.1, -0.05) is 0 Å². The van der Waals surface area contributed by atoms with E-state index in [2.05, 4.69) is 9.47 Å². The Bertz CT molecular complexity index is 348. The molecule has 10 nitrogen and oxygen atoms in total. The van der Waals surface area contributed by atoms with E-state index < -0.39 is 36.1 Å². The van der Waals surface area contributed by atoms with Gasteiger partial charge >= 0.3 is 11.9 Å². The van der Waals surface area contributed by atoms with E-state index in [0.717, 1.165) is 0 Å². The second kappa shape index (κ2) is 5.99. The van der Waals surface area contributed by atoms with Crippen LogP contribution in [0, 0.1) is 0 Å². The minimum atomic E-state index is -2.17. The molecule has 2 rings (SSSR count). The highest BCUT2D eigenvalue weighted by molar-refractivity contribution is 5.75. The summed E-state index contributed by atoms with van der Waals surface area (Å²) in [5, 5.41) is 51.9. The van der Waals surface area contributed by atoms with Crippen molar-refractivity contribution in [2.75, 3.05) is 0 Å². The van der Waals surface area contributed by atoms with E-state index in [1.54, 1.807) is 0 Å². The largest absolute Gasteiger partial charge is 0.477 e. The number of carboxylic acid groups (broad SMARTS) is 2. The Balaban J connectivity index is 0.000000200. The molecule has 2 aliphatic rings. The maximum atomic E-state index is 10.2. The summed E-state index contributed by atoms with van der Waals surface area (Å²) in [7, 11) is 0. The monoisotopic (exact) mass is 296 g/mol. The number of carbonyl (C=O) groups is 2. The number of rotatable bonds is 2. The standard InChI is InChI=1S/2C5H8O5/c2*6-3-1-2-5(9,10-3)4(7)8/h2*3,6,9H,1-2H2,(H,7,8). The average Bonchev–Trinajstić information content (AvgIpc) is 2.85. The number of carboxylic acids is 2. The molecule has 10 heteroatoms. The van der Waals surface area contributed by atoms with Gasteiger partial charge in [-0.3, -0.25) is 0 Å². The van der Waals surface area contributed by atoms with Gasteiger partial charge in [0.05, 0.1) is 0 Å². The van der Waals surface area contributed by atoms with Crippen LogP contribution in [0.4, 0.5) is 0 Å². The topological polar surface area (TPSA) is 174 Å². The zero-order valence-electron chi connectivity index (χ0n) is 10.3. The lowest BCUT2D eigenvalue weighted by molar-refractivity contribution is -0.242. The van der Waals surface area contributed by atoms with Gasteiger partial charge in [-0.15, -0.1) is 0 Å². The molecule has 4 atom stereocenters. The molecular formula is C10H16O10. The predicted molar refractivity (Wildman–Crippen MR) is 57.8 cm³/mol. The van der Waals surface area contributed by atoms with Gasteiger partial charge in [0.2, 0.25) is 0 Å². The van der Waals surface area contributed by atoms with E-state index in [-0.39, 0.29) is 25.7 Å². The highest BCUT2D eigenvalue weighted by atomic mass is 16.7.